The number of benzene rings is 2. The summed E-state index contributed by atoms with van der Waals surface area (Å²) in [4.78, 5) is 22.8. The monoisotopic (exact) mass is 582 g/mol. The number of carbonyl (C=O) groups excluding carboxylic acids is 1. The average molecular weight is 584 g/mol. The number of methoxy groups -OCH3 is 1. The first kappa shape index (κ1) is 25.4. The van der Waals surface area contributed by atoms with Gasteiger partial charge >= 0.3 is 5.95 Å². The van der Waals surface area contributed by atoms with E-state index in [1.807, 2.05) is 40.0 Å². The van der Waals surface area contributed by atoms with Crippen molar-refractivity contribution in [2.45, 2.75) is 56.1 Å². The Bertz CT molecular complexity index is 1440. The molecule has 0 radical (unpaired) electrons. The Balaban J connectivity index is 1.53. The second-order valence-corrected chi connectivity index (χ2v) is 13.5. The van der Waals surface area contributed by atoms with E-state index in [-0.39, 0.29) is 5.78 Å². The highest BCUT2D eigenvalue weighted by Crippen LogP contribution is 2.47. The fraction of sp³-hybridized carbons (Fsp3) is 0.321. The lowest BCUT2D eigenvalue weighted by Crippen LogP contribution is -2.37. The Morgan fingerprint density at radius 3 is 2.39 bits per heavy atom. The molecule has 8 heteroatoms. The number of ketones is 1. The van der Waals surface area contributed by atoms with Crippen molar-refractivity contribution in [1.29, 1.82) is 0 Å². The van der Waals surface area contributed by atoms with Crippen LogP contribution >= 0.6 is 37.5 Å². The molecule has 0 fully saturated rings. The number of rotatable bonds is 6. The summed E-state index contributed by atoms with van der Waals surface area (Å²) in [5.74, 6) is 2.63. The quantitative estimate of drug-likeness (QED) is 0.196. The molecule has 186 valence electrons. The summed E-state index contributed by atoms with van der Waals surface area (Å²) < 4.78 is 8.81. The van der Waals surface area contributed by atoms with Gasteiger partial charge in [0.15, 0.2) is 11.3 Å². The molecule has 2 heterocycles. The Kier molecular flexibility index (Phi) is 6.50. The molecule has 0 atom stereocenters. The molecule has 0 amide bonds. The van der Waals surface area contributed by atoms with Gasteiger partial charge in [0.25, 0.3) is 0 Å². The molecule has 2 aromatic carbocycles. The van der Waals surface area contributed by atoms with Crippen LogP contribution in [0.3, 0.4) is 0 Å². The maximum absolute atomic E-state index is 13.1. The van der Waals surface area contributed by atoms with Crippen LogP contribution in [0.25, 0.3) is 17.0 Å². The molecule has 36 heavy (non-hydrogen) atoms. The van der Waals surface area contributed by atoms with Crippen molar-refractivity contribution < 1.29 is 14.1 Å². The molecule has 0 unspecified atom stereocenters. The van der Waals surface area contributed by atoms with E-state index in [1.165, 1.54) is 4.90 Å². The van der Waals surface area contributed by atoms with Gasteiger partial charge in [-0.15, -0.1) is 0 Å². The molecule has 0 bridgehead atoms. The number of Topliss-reactive ketones (excluding diaryl/α,β-unsaturated/α-hetero) is 1. The minimum atomic E-state index is -0.526. The second kappa shape index (κ2) is 9.23. The van der Waals surface area contributed by atoms with Gasteiger partial charge in [-0.2, -0.15) is 0 Å². The number of aromatic amines is 1. The number of nitrogens with zero attached hydrogens (tertiary/aromatic N) is 2. The Morgan fingerprint density at radius 2 is 1.72 bits per heavy atom. The summed E-state index contributed by atoms with van der Waals surface area (Å²) in [5, 5.41) is 0. The van der Waals surface area contributed by atoms with Gasteiger partial charge in [-0.1, -0.05) is 42.5 Å². The Labute approximate surface area is 228 Å². The average Bonchev–Trinajstić information content (AvgIpc) is 3.32. The molecule has 0 saturated heterocycles. The molecule has 1 aliphatic carbocycles. The highest BCUT2D eigenvalue weighted by atomic mass is 79.9. The van der Waals surface area contributed by atoms with Gasteiger partial charge in [-0.05, 0) is 82.1 Å². The molecule has 5 nitrogen and oxygen atoms in total. The van der Waals surface area contributed by atoms with Crippen LogP contribution in [0.5, 0.6) is 5.75 Å². The highest BCUT2D eigenvalue weighted by Gasteiger charge is 2.50. The van der Waals surface area contributed by atoms with Crippen LogP contribution in [0.4, 0.5) is 0 Å². The lowest BCUT2D eigenvalue weighted by atomic mass is 9.80. The number of ether oxygens (including phenoxy) is 1. The summed E-state index contributed by atoms with van der Waals surface area (Å²) in [6.45, 7) is 10.2. The SMILES string of the molecule is COc1cc[n+](-c2nc3cc4c(cc3[nH]2)C(C)(C)C(=O)C4(C)C)c(CSSc2ccc(Br)cc2)c1C. The summed E-state index contributed by atoms with van der Waals surface area (Å²) in [7, 11) is 5.23. The molecular weight excluding hydrogens is 554 g/mol. The number of imidazole rings is 1. The number of nitrogens with one attached hydrogen (secondary N) is 1. The van der Waals surface area contributed by atoms with E-state index in [9.17, 15) is 4.79 Å². The number of carbonyl (C=O) groups is 1. The van der Waals surface area contributed by atoms with Crippen molar-refractivity contribution in [1.82, 2.24) is 9.97 Å². The molecule has 0 aliphatic heterocycles. The van der Waals surface area contributed by atoms with Gasteiger partial charge in [0.1, 0.15) is 17.0 Å². The standard InChI is InChI=1S/C28H29BrN3O2S2/c1-16-23(15-35-36-18-9-7-17(29)8-10-18)32(12-11-24(16)34-6)26-30-21-13-19-20(14-22(21)31-26)28(4,5)25(33)27(19,2)3/h7-14H,15H2,1-6H3,(H,30,31)/q+1. The van der Waals surface area contributed by atoms with Gasteiger partial charge in [0, 0.05) is 31.8 Å². The van der Waals surface area contributed by atoms with E-state index in [0.29, 0.717) is 0 Å². The second-order valence-electron chi connectivity index (χ2n) is 10.2. The third-order valence-electron chi connectivity index (χ3n) is 7.17. The molecule has 5 rings (SSSR count). The molecule has 0 spiro atoms. The third kappa shape index (κ3) is 4.17. The van der Waals surface area contributed by atoms with Crippen LogP contribution in [-0.2, 0) is 21.4 Å². The van der Waals surface area contributed by atoms with Crippen molar-refractivity contribution in [3.8, 4) is 11.7 Å². The normalized spacial score (nSPS) is 15.9. The molecule has 4 aromatic rings. The smallest absolute Gasteiger partial charge is 0.402 e. The van der Waals surface area contributed by atoms with Crippen LogP contribution in [0.2, 0.25) is 0 Å². The lowest BCUT2D eigenvalue weighted by molar-refractivity contribution is -0.610. The fourth-order valence-electron chi connectivity index (χ4n) is 5.14. The first-order chi connectivity index (χ1) is 17.0. The number of halogens is 1. The van der Waals surface area contributed by atoms with Crippen molar-refractivity contribution in [2.24, 2.45) is 0 Å². The zero-order valence-electron chi connectivity index (χ0n) is 21.2. The Morgan fingerprint density at radius 1 is 1.06 bits per heavy atom. The molecule has 1 aliphatic rings. The van der Waals surface area contributed by atoms with E-state index in [4.69, 9.17) is 9.72 Å². The summed E-state index contributed by atoms with van der Waals surface area (Å²) >= 11 is 3.50. The van der Waals surface area contributed by atoms with E-state index in [2.05, 4.69) is 68.8 Å². The minimum Gasteiger partial charge on any atom is -0.496 e. The van der Waals surface area contributed by atoms with Crippen molar-refractivity contribution in [3.05, 3.63) is 75.5 Å². The number of aromatic nitrogens is 3. The first-order valence-electron chi connectivity index (χ1n) is 11.8. The number of hydrogen-bond acceptors (Lipinski definition) is 5. The number of fused-ring (bicyclic) bond motifs is 2. The molecule has 0 saturated carbocycles. The topological polar surface area (TPSA) is 58.9 Å². The third-order valence-corrected chi connectivity index (χ3v) is 9.96. The predicted octanol–water partition coefficient (Wildman–Crippen LogP) is 7.00. The van der Waals surface area contributed by atoms with Gasteiger partial charge in [0.05, 0.1) is 19.1 Å². The summed E-state index contributed by atoms with van der Waals surface area (Å²) in [6.07, 6.45) is 2.01. The first-order valence-corrected chi connectivity index (χ1v) is 14.9. The van der Waals surface area contributed by atoms with E-state index < -0.39 is 10.8 Å². The number of hydrogen-bond donors (Lipinski definition) is 1. The van der Waals surface area contributed by atoms with E-state index >= 15 is 0 Å². The van der Waals surface area contributed by atoms with Crippen molar-refractivity contribution in [3.63, 3.8) is 0 Å². The molecule has 2 aromatic heterocycles. The highest BCUT2D eigenvalue weighted by molar-refractivity contribution is 9.10. The molecule has 1 N–H and O–H groups in total. The van der Waals surface area contributed by atoms with Crippen LogP contribution in [0.1, 0.15) is 50.1 Å². The van der Waals surface area contributed by atoms with E-state index in [0.717, 1.165) is 55.3 Å². The van der Waals surface area contributed by atoms with Crippen LogP contribution in [0, 0.1) is 6.92 Å². The number of pyridine rings is 1. The predicted molar refractivity (Wildman–Crippen MR) is 151 cm³/mol. The van der Waals surface area contributed by atoms with Crippen molar-refractivity contribution >= 4 is 54.3 Å². The zero-order chi connectivity index (χ0) is 25.8. The van der Waals surface area contributed by atoms with Gasteiger partial charge in [0.2, 0.25) is 0 Å². The lowest BCUT2D eigenvalue weighted by Gasteiger charge is -2.21. The Hall–Kier alpha value is -2.29. The van der Waals surface area contributed by atoms with Gasteiger partial charge < -0.3 is 4.74 Å². The van der Waals surface area contributed by atoms with Gasteiger partial charge in [-0.3, -0.25) is 4.79 Å². The zero-order valence-corrected chi connectivity index (χ0v) is 24.5. The fourth-order valence-corrected chi connectivity index (χ4v) is 7.57. The molecular formula is C28H29BrN3O2S2+. The summed E-state index contributed by atoms with van der Waals surface area (Å²) in [5.41, 5.74) is 5.11. The minimum absolute atomic E-state index is 0.251. The largest absolute Gasteiger partial charge is 0.496 e. The van der Waals surface area contributed by atoms with Crippen LogP contribution in [-0.4, -0.2) is 22.9 Å². The maximum atomic E-state index is 13.1. The maximum Gasteiger partial charge on any atom is 0.402 e. The van der Waals surface area contributed by atoms with Crippen LogP contribution in [0.15, 0.2) is 58.0 Å². The number of H-pyrrole nitrogens is 1. The van der Waals surface area contributed by atoms with Gasteiger partial charge in [-0.25, -0.2) is 9.55 Å². The van der Waals surface area contributed by atoms with Crippen molar-refractivity contribution in [2.75, 3.05) is 7.11 Å². The van der Waals surface area contributed by atoms with Crippen LogP contribution < -0.4 is 9.30 Å². The summed E-state index contributed by atoms with van der Waals surface area (Å²) in [6, 6.07) is 14.5. The van der Waals surface area contributed by atoms with E-state index in [1.54, 1.807) is 28.7 Å².